The highest BCUT2D eigenvalue weighted by molar-refractivity contribution is 7.59. The van der Waals surface area contributed by atoms with Crippen molar-refractivity contribution in [1.82, 2.24) is 10.2 Å². The van der Waals surface area contributed by atoms with Crippen molar-refractivity contribution in [2.75, 3.05) is 19.6 Å². The van der Waals surface area contributed by atoms with Crippen molar-refractivity contribution in [3.05, 3.63) is 71.8 Å². The monoisotopic (exact) mass is 404 g/mol. The number of rotatable bonds is 6. The van der Waals surface area contributed by atoms with E-state index < -0.39 is 0 Å². The third-order valence-electron chi connectivity index (χ3n) is 5.66. The molecule has 1 saturated carbocycles. The Morgan fingerprint density at radius 1 is 0.963 bits per heavy atom. The van der Waals surface area contributed by atoms with Crippen LogP contribution in [0, 0.1) is 0 Å². The second kappa shape index (κ2) is 9.63. The Labute approximate surface area is 175 Å². The maximum absolute atomic E-state index is 13.2. The van der Waals surface area contributed by atoms with Crippen LogP contribution in [-0.2, 0) is 10.2 Å². The molecule has 1 amide bonds. The predicted octanol–water partition coefficient (Wildman–Crippen LogP) is 4.21. The van der Waals surface area contributed by atoms with Crippen molar-refractivity contribution in [1.29, 1.82) is 0 Å². The fourth-order valence-electron chi connectivity index (χ4n) is 3.97. The Hall–Kier alpha value is -1.49. The molecule has 1 aliphatic carbocycles. The second-order valence-corrected chi connectivity index (χ2v) is 7.39. The van der Waals surface area contributed by atoms with Gasteiger partial charge in [-0.3, -0.25) is 4.79 Å². The first-order valence-electron chi connectivity index (χ1n) is 9.42. The van der Waals surface area contributed by atoms with Gasteiger partial charge < -0.3 is 10.2 Å². The first kappa shape index (κ1) is 21.8. The number of nitrogens with one attached hydrogen (secondary N) is 1. The Balaban J connectivity index is 0.00000131. The minimum atomic E-state index is -0.306. The molecule has 1 aliphatic heterocycles. The van der Waals surface area contributed by atoms with Crippen LogP contribution in [0.3, 0.4) is 0 Å². The van der Waals surface area contributed by atoms with Gasteiger partial charge in [-0.2, -0.15) is 13.5 Å². The van der Waals surface area contributed by atoms with Gasteiger partial charge in [-0.15, -0.1) is 12.4 Å². The number of carbonyl (C=O) groups is 1. The van der Waals surface area contributed by atoms with E-state index in [0.717, 1.165) is 38.0 Å². The average Bonchev–Trinajstić information content (AvgIpc) is 3.33. The van der Waals surface area contributed by atoms with E-state index in [4.69, 9.17) is 0 Å². The van der Waals surface area contributed by atoms with Gasteiger partial charge in [-0.05, 0) is 49.9 Å². The molecule has 1 N–H and O–H groups in total. The van der Waals surface area contributed by atoms with Gasteiger partial charge in [0.25, 0.3) is 0 Å². The molecule has 0 bridgehead atoms. The molecule has 27 heavy (non-hydrogen) atoms. The average molecular weight is 405 g/mol. The molecule has 4 rings (SSSR count). The second-order valence-electron chi connectivity index (χ2n) is 7.39. The summed E-state index contributed by atoms with van der Waals surface area (Å²) in [5, 5.41) is 3.38. The number of halogens is 1. The van der Waals surface area contributed by atoms with Crippen LogP contribution in [0.5, 0.6) is 0 Å². The van der Waals surface area contributed by atoms with Gasteiger partial charge in [0.05, 0.1) is 11.5 Å². The first-order valence-corrected chi connectivity index (χ1v) is 9.42. The number of nitrogens with zero attached hydrogens (tertiary/aromatic N) is 1. The van der Waals surface area contributed by atoms with Crippen LogP contribution < -0.4 is 5.32 Å². The summed E-state index contributed by atoms with van der Waals surface area (Å²) in [6.45, 7) is 3.19. The zero-order valence-electron chi connectivity index (χ0n) is 15.6. The molecule has 0 aromatic heterocycles. The molecule has 0 radical (unpaired) electrons. The zero-order valence-corrected chi connectivity index (χ0v) is 17.4. The van der Waals surface area contributed by atoms with E-state index in [-0.39, 0.29) is 43.3 Å². The molecular formula is C22H29ClN2OS. The zero-order chi connectivity index (χ0) is 17.1. The number of hydrogen-bond acceptors (Lipinski definition) is 2. The minimum absolute atomic E-state index is 0. The summed E-state index contributed by atoms with van der Waals surface area (Å²) in [6, 6.07) is 20.7. The number of carbonyl (C=O) groups excluding carboxylic acids is 1. The van der Waals surface area contributed by atoms with Gasteiger partial charge in [0.2, 0.25) is 5.91 Å². The van der Waals surface area contributed by atoms with Crippen LogP contribution in [0.25, 0.3) is 0 Å². The number of likely N-dealkylation sites (tertiary alicyclic amines) is 1. The molecule has 1 atom stereocenters. The van der Waals surface area contributed by atoms with Gasteiger partial charge in [-0.1, -0.05) is 60.7 Å². The van der Waals surface area contributed by atoms with Gasteiger partial charge in [0.1, 0.15) is 0 Å². The minimum Gasteiger partial charge on any atom is -0.347 e. The molecule has 0 spiro atoms. The maximum atomic E-state index is 13.2. The fraction of sp³-hybridized carbons (Fsp3) is 0.409. The highest BCUT2D eigenvalue weighted by Crippen LogP contribution is 2.48. The van der Waals surface area contributed by atoms with Crippen LogP contribution >= 0.6 is 25.9 Å². The molecule has 5 heteroatoms. The molecule has 3 nitrogen and oxygen atoms in total. The largest absolute Gasteiger partial charge is 0.347 e. The number of hydrogen-bond donors (Lipinski definition) is 1. The molecule has 0 unspecified atom stereocenters. The summed E-state index contributed by atoms with van der Waals surface area (Å²) in [4.78, 5) is 15.6. The van der Waals surface area contributed by atoms with E-state index >= 15 is 0 Å². The topological polar surface area (TPSA) is 32.3 Å². The summed E-state index contributed by atoms with van der Waals surface area (Å²) in [5.74, 6) is 0.187. The Morgan fingerprint density at radius 2 is 1.52 bits per heavy atom. The lowest BCUT2D eigenvalue weighted by molar-refractivity contribution is -0.124. The van der Waals surface area contributed by atoms with Crippen molar-refractivity contribution in [3.63, 3.8) is 0 Å². The van der Waals surface area contributed by atoms with Crippen LogP contribution in [-0.4, -0.2) is 30.4 Å². The van der Waals surface area contributed by atoms with E-state index in [0.29, 0.717) is 0 Å². The molecule has 2 aliphatic rings. The van der Waals surface area contributed by atoms with Gasteiger partial charge in [-0.25, -0.2) is 0 Å². The lowest BCUT2D eigenvalue weighted by Gasteiger charge is -2.27. The van der Waals surface area contributed by atoms with E-state index in [1.165, 1.54) is 18.4 Å². The molecule has 146 valence electrons. The molecule has 2 aromatic rings. The molecule has 2 fully saturated rings. The van der Waals surface area contributed by atoms with Crippen molar-refractivity contribution in [2.45, 2.75) is 37.1 Å². The highest BCUT2D eigenvalue weighted by Gasteiger charge is 2.51. The van der Waals surface area contributed by atoms with E-state index in [9.17, 15) is 4.79 Å². The first-order chi connectivity index (χ1) is 12.3. The third-order valence-corrected chi connectivity index (χ3v) is 5.66. The summed E-state index contributed by atoms with van der Waals surface area (Å²) in [6.07, 6.45) is 4.44. The van der Waals surface area contributed by atoms with E-state index in [1.54, 1.807) is 0 Å². The van der Waals surface area contributed by atoms with Gasteiger partial charge in [0.15, 0.2) is 0 Å². The quantitative estimate of drug-likeness (QED) is 0.782. The SMILES string of the molecule is Cl.O=C(N[C@H](CN1CCCC1)c1ccccc1)C1(c2ccccc2)CC1.S. The standard InChI is InChI=1S/C22H26N2O.ClH.H2S/c25-21(22(13-14-22)19-11-5-2-6-12-19)23-20(17-24-15-7-8-16-24)18-9-3-1-4-10-18;;/h1-6,9-12,20H,7-8,13-17H2,(H,23,25);1H;1H2/t20-;;/m1../s1. The van der Waals surface area contributed by atoms with Gasteiger partial charge in [0, 0.05) is 6.54 Å². The molecule has 2 aromatic carbocycles. The van der Waals surface area contributed by atoms with Gasteiger partial charge >= 0.3 is 0 Å². The van der Waals surface area contributed by atoms with Crippen molar-refractivity contribution in [3.8, 4) is 0 Å². The Morgan fingerprint density at radius 3 is 2.07 bits per heavy atom. The third kappa shape index (κ3) is 4.87. The van der Waals surface area contributed by atoms with Crippen LogP contribution in [0.1, 0.15) is 42.9 Å². The summed E-state index contributed by atoms with van der Waals surface area (Å²) < 4.78 is 0. The smallest absolute Gasteiger partial charge is 0.231 e. The number of amides is 1. The van der Waals surface area contributed by atoms with Crippen LogP contribution in [0.4, 0.5) is 0 Å². The van der Waals surface area contributed by atoms with Crippen LogP contribution in [0.15, 0.2) is 60.7 Å². The normalized spacial score (nSPS) is 18.7. The van der Waals surface area contributed by atoms with Crippen molar-refractivity contribution >= 4 is 31.8 Å². The van der Waals surface area contributed by atoms with E-state index in [1.807, 2.05) is 24.3 Å². The molecule has 1 heterocycles. The van der Waals surface area contributed by atoms with Crippen molar-refractivity contribution < 1.29 is 4.79 Å². The predicted molar refractivity (Wildman–Crippen MR) is 118 cm³/mol. The lowest BCUT2D eigenvalue weighted by atomic mass is 9.94. The van der Waals surface area contributed by atoms with Crippen LogP contribution in [0.2, 0.25) is 0 Å². The Bertz CT molecular complexity index is 716. The highest BCUT2D eigenvalue weighted by atomic mass is 35.5. The Kier molecular flexibility index (Phi) is 7.78. The van der Waals surface area contributed by atoms with E-state index in [2.05, 4.69) is 46.6 Å². The summed E-state index contributed by atoms with van der Waals surface area (Å²) in [5.41, 5.74) is 2.05. The molecule has 1 saturated heterocycles. The fourth-order valence-corrected chi connectivity index (χ4v) is 3.97. The summed E-state index contributed by atoms with van der Waals surface area (Å²) in [7, 11) is 0. The number of benzene rings is 2. The maximum Gasteiger partial charge on any atom is 0.231 e. The lowest BCUT2D eigenvalue weighted by Crippen LogP contribution is -2.41. The summed E-state index contributed by atoms with van der Waals surface area (Å²) >= 11 is 0. The van der Waals surface area contributed by atoms with Crippen molar-refractivity contribution in [2.24, 2.45) is 0 Å². The molecular weight excluding hydrogens is 376 g/mol.